The summed E-state index contributed by atoms with van der Waals surface area (Å²) in [5, 5.41) is 21.2. The van der Waals surface area contributed by atoms with E-state index in [1.54, 1.807) is 6.08 Å². The Labute approximate surface area is 152 Å². The third-order valence-corrected chi connectivity index (χ3v) is 4.32. The van der Waals surface area contributed by atoms with Gasteiger partial charge in [0.05, 0.1) is 12.0 Å². The molecule has 2 atom stereocenters. The average Bonchev–Trinajstić information content (AvgIpc) is 2.59. The smallest absolute Gasteiger partial charge is 0.310 e. The number of nitrogens with one attached hydrogen (secondary N) is 1. The SMILES string of the molecule is CCCCCCCCCCC=CC(CC(=O)NCC(O)CC)C(=O)O. The molecule has 0 radical (unpaired) electrons. The summed E-state index contributed by atoms with van der Waals surface area (Å²) in [7, 11) is 0. The lowest BCUT2D eigenvalue weighted by molar-refractivity contribution is -0.142. The van der Waals surface area contributed by atoms with Crippen molar-refractivity contribution in [2.24, 2.45) is 5.92 Å². The molecule has 2 unspecified atom stereocenters. The van der Waals surface area contributed by atoms with Gasteiger partial charge in [0.2, 0.25) is 5.91 Å². The maximum atomic E-state index is 11.7. The Bertz CT molecular complexity index is 382. The molecule has 0 aliphatic carbocycles. The number of unbranched alkanes of at least 4 members (excludes halogenated alkanes) is 8. The number of aliphatic hydroxyl groups is 1. The summed E-state index contributed by atoms with van der Waals surface area (Å²) < 4.78 is 0. The molecule has 0 heterocycles. The van der Waals surface area contributed by atoms with Gasteiger partial charge in [-0.15, -0.1) is 0 Å². The van der Waals surface area contributed by atoms with Crippen molar-refractivity contribution in [3.8, 4) is 0 Å². The molecule has 0 aromatic rings. The molecule has 5 nitrogen and oxygen atoms in total. The summed E-state index contributed by atoms with van der Waals surface area (Å²) in [6.45, 7) is 4.21. The van der Waals surface area contributed by atoms with Crippen LogP contribution < -0.4 is 5.32 Å². The zero-order chi connectivity index (χ0) is 18.9. The van der Waals surface area contributed by atoms with Crippen LogP contribution >= 0.6 is 0 Å². The zero-order valence-electron chi connectivity index (χ0n) is 16.0. The van der Waals surface area contributed by atoms with Gasteiger partial charge in [-0.3, -0.25) is 9.59 Å². The summed E-state index contributed by atoms with van der Waals surface area (Å²) in [6.07, 6.45) is 14.2. The van der Waals surface area contributed by atoms with Crippen molar-refractivity contribution in [3.05, 3.63) is 12.2 Å². The summed E-state index contributed by atoms with van der Waals surface area (Å²) in [5.41, 5.74) is 0. The first-order valence-corrected chi connectivity index (χ1v) is 9.85. The Hall–Kier alpha value is -1.36. The first-order valence-electron chi connectivity index (χ1n) is 9.85. The third-order valence-electron chi connectivity index (χ3n) is 4.32. The molecule has 0 saturated heterocycles. The summed E-state index contributed by atoms with van der Waals surface area (Å²) in [6, 6.07) is 0. The number of carbonyl (C=O) groups excluding carboxylic acids is 1. The number of hydrogen-bond donors (Lipinski definition) is 3. The highest BCUT2D eigenvalue weighted by molar-refractivity contribution is 5.83. The maximum Gasteiger partial charge on any atom is 0.310 e. The summed E-state index contributed by atoms with van der Waals surface area (Å²) in [5.74, 6) is -2.12. The molecule has 0 aliphatic rings. The van der Waals surface area contributed by atoms with Gasteiger partial charge < -0.3 is 15.5 Å². The highest BCUT2D eigenvalue weighted by Gasteiger charge is 2.18. The van der Waals surface area contributed by atoms with E-state index in [9.17, 15) is 19.8 Å². The number of rotatable bonds is 16. The van der Waals surface area contributed by atoms with Gasteiger partial charge in [-0.1, -0.05) is 70.9 Å². The predicted molar refractivity (Wildman–Crippen MR) is 101 cm³/mol. The quantitative estimate of drug-likeness (QED) is 0.288. The Balaban J connectivity index is 3.89. The van der Waals surface area contributed by atoms with Crippen molar-refractivity contribution < 1.29 is 19.8 Å². The van der Waals surface area contributed by atoms with E-state index < -0.39 is 18.0 Å². The lowest BCUT2D eigenvalue weighted by atomic mass is 10.0. The van der Waals surface area contributed by atoms with E-state index in [1.165, 1.54) is 44.9 Å². The Morgan fingerprint density at radius 2 is 1.60 bits per heavy atom. The minimum Gasteiger partial charge on any atom is -0.481 e. The van der Waals surface area contributed by atoms with Crippen molar-refractivity contribution in [2.75, 3.05) is 6.54 Å². The highest BCUT2D eigenvalue weighted by atomic mass is 16.4. The van der Waals surface area contributed by atoms with Gasteiger partial charge in [-0.05, 0) is 19.3 Å². The fourth-order valence-electron chi connectivity index (χ4n) is 2.54. The van der Waals surface area contributed by atoms with Crippen molar-refractivity contribution in [2.45, 2.75) is 90.6 Å². The molecule has 25 heavy (non-hydrogen) atoms. The molecular weight excluding hydrogens is 318 g/mol. The molecule has 1 amide bonds. The molecular formula is C20H37NO4. The number of allylic oxidation sites excluding steroid dienone is 1. The second kappa shape index (κ2) is 16.1. The van der Waals surface area contributed by atoms with Crippen LogP contribution in [0.25, 0.3) is 0 Å². The number of amides is 1. The maximum absolute atomic E-state index is 11.7. The molecule has 0 bridgehead atoms. The van der Waals surface area contributed by atoms with Crippen LogP contribution in [0.3, 0.4) is 0 Å². The Morgan fingerprint density at radius 3 is 2.16 bits per heavy atom. The van der Waals surface area contributed by atoms with E-state index in [2.05, 4.69) is 12.2 Å². The summed E-state index contributed by atoms with van der Waals surface area (Å²) in [4.78, 5) is 23.0. The van der Waals surface area contributed by atoms with Crippen LogP contribution in [0.1, 0.15) is 84.5 Å². The zero-order valence-corrected chi connectivity index (χ0v) is 16.0. The van der Waals surface area contributed by atoms with E-state index in [-0.39, 0.29) is 18.9 Å². The molecule has 0 fully saturated rings. The van der Waals surface area contributed by atoms with Crippen molar-refractivity contribution in [1.29, 1.82) is 0 Å². The molecule has 3 N–H and O–H groups in total. The lowest BCUT2D eigenvalue weighted by Crippen LogP contribution is -2.33. The Morgan fingerprint density at radius 1 is 1.00 bits per heavy atom. The molecule has 0 saturated carbocycles. The van der Waals surface area contributed by atoms with Crippen LogP contribution in [0, 0.1) is 5.92 Å². The first-order chi connectivity index (χ1) is 12.0. The van der Waals surface area contributed by atoms with Crippen molar-refractivity contribution in [3.63, 3.8) is 0 Å². The highest BCUT2D eigenvalue weighted by Crippen LogP contribution is 2.11. The number of carboxylic acid groups (broad SMARTS) is 1. The van der Waals surface area contributed by atoms with Gasteiger partial charge in [0.1, 0.15) is 0 Å². The second-order valence-electron chi connectivity index (χ2n) is 6.71. The summed E-state index contributed by atoms with van der Waals surface area (Å²) >= 11 is 0. The van der Waals surface area contributed by atoms with Gasteiger partial charge in [-0.2, -0.15) is 0 Å². The standard InChI is InChI=1S/C20H37NO4/c1-3-5-6-7-8-9-10-11-12-13-14-17(20(24)25)15-19(23)21-16-18(22)4-2/h13-14,17-18,22H,3-12,15-16H2,1-2H3,(H,21,23)(H,24,25). The van der Waals surface area contributed by atoms with E-state index in [0.717, 1.165) is 12.8 Å². The van der Waals surface area contributed by atoms with Gasteiger partial charge in [0.15, 0.2) is 0 Å². The monoisotopic (exact) mass is 355 g/mol. The van der Waals surface area contributed by atoms with E-state index in [4.69, 9.17) is 0 Å². The minimum atomic E-state index is -0.988. The molecule has 0 aliphatic heterocycles. The first kappa shape index (κ1) is 23.6. The number of carboxylic acids is 1. The topological polar surface area (TPSA) is 86.6 Å². The van der Waals surface area contributed by atoms with Crippen LogP contribution in [-0.4, -0.2) is 34.7 Å². The van der Waals surface area contributed by atoms with E-state index in [0.29, 0.717) is 6.42 Å². The van der Waals surface area contributed by atoms with Gasteiger partial charge in [0, 0.05) is 13.0 Å². The van der Waals surface area contributed by atoms with Crippen molar-refractivity contribution in [1.82, 2.24) is 5.32 Å². The van der Waals surface area contributed by atoms with Crippen LogP contribution in [0.5, 0.6) is 0 Å². The number of aliphatic hydroxyl groups excluding tert-OH is 1. The Kier molecular flexibility index (Phi) is 15.2. The average molecular weight is 356 g/mol. The van der Waals surface area contributed by atoms with Crippen LogP contribution in [0.15, 0.2) is 12.2 Å². The number of carbonyl (C=O) groups is 2. The third kappa shape index (κ3) is 14.7. The van der Waals surface area contributed by atoms with E-state index in [1.807, 2.05) is 13.0 Å². The molecule has 0 aromatic carbocycles. The molecule has 146 valence electrons. The second-order valence-corrected chi connectivity index (χ2v) is 6.71. The van der Waals surface area contributed by atoms with Gasteiger partial charge in [0.25, 0.3) is 0 Å². The van der Waals surface area contributed by atoms with Gasteiger partial charge in [-0.25, -0.2) is 0 Å². The lowest BCUT2D eigenvalue weighted by Gasteiger charge is -2.11. The van der Waals surface area contributed by atoms with Crippen LogP contribution in [0.2, 0.25) is 0 Å². The molecule has 0 spiro atoms. The normalized spacial score (nSPS) is 13.7. The molecule has 5 heteroatoms. The fraction of sp³-hybridized carbons (Fsp3) is 0.800. The predicted octanol–water partition coefficient (Wildman–Crippen LogP) is 4.05. The van der Waals surface area contributed by atoms with Crippen LogP contribution in [0.4, 0.5) is 0 Å². The van der Waals surface area contributed by atoms with Crippen LogP contribution in [-0.2, 0) is 9.59 Å². The minimum absolute atomic E-state index is 0.0836. The fourth-order valence-corrected chi connectivity index (χ4v) is 2.54. The number of aliphatic carboxylic acids is 1. The van der Waals surface area contributed by atoms with E-state index >= 15 is 0 Å². The van der Waals surface area contributed by atoms with Gasteiger partial charge >= 0.3 is 5.97 Å². The molecule has 0 rings (SSSR count). The molecule has 0 aromatic heterocycles. The largest absolute Gasteiger partial charge is 0.481 e. The number of hydrogen-bond acceptors (Lipinski definition) is 3. The van der Waals surface area contributed by atoms with Crippen molar-refractivity contribution >= 4 is 11.9 Å².